The number of piperazine rings is 1. The molecule has 4 aromatic heterocycles. The molecule has 0 saturated carbocycles. The molecular weight excluding hydrogens is 468 g/mol. The van der Waals surface area contributed by atoms with E-state index in [1.807, 2.05) is 42.6 Å². The molecule has 5 heterocycles. The summed E-state index contributed by atoms with van der Waals surface area (Å²) in [6.45, 7) is 3.91. The van der Waals surface area contributed by atoms with Crippen LogP contribution in [0.15, 0.2) is 61.3 Å². The van der Waals surface area contributed by atoms with E-state index in [-0.39, 0.29) is 5.91 Å². The molecule has 1 aromatic carbocycles. The zero-order valence-corrected chi connectivity index (χ0v) is 20.6. The highest BCUT2D eigenvalue weighted by atomic mass is 16.5. The Labute approximate surface area is 213 Å². The standard InChI is InChI=1S/C27H26N8O2/c1-34-7-9-35(10-8-34)24-6-4-19(14-28-24)33-26(36)18-12-20-22(15-30-25(20)29-13-18)17-3-5-23-21(11-17)27(37-2)32-16-31-23/h3-6,11-16H,7-10H2,1-2H3,(H,29,30)(H,33,36). The molecule has 186 valence electrons. The SMILES string of the molecule is COc1ncnc2ccc(-c3c[nH]c4ncc(C(=O)Nc5ccc(N6CCN(C)CC6)nc5)cc34)cc12. The zero-order valence-electron chi connectivity index (χ0n) is 20.6. The number of likely N-dealkylation sites (N-methyl/N-ethyl adjacent to an activating group) is 1. The van der Waals surface area contributed by atoms with Gasteiger partial charge in [0, 0.05) is 49.5 Å². The molecule has 10 heteroatoms. The van der Waals surface area contributed by atoms with E-state index in [1.165, 1.54) is 6.33 Å². The number of ether oxygens (including phenoxy) is 1. The lowest BCUT2D eigenvalue weighted by Gasteiger charge is -2.33. The van der Waals surface area contributed by atoms with Crippen LogP contribution in [-0.4, -0.2) is 76.1 Å². The van der Waals surface area contributed by atoms with Crippen LogP contribution in [0.25, 0.3) is 33.1 Å². The number of nitrogens with zero attached hydrogens (tertiary/aromatic N) is 6. The number of anilines is 2. The van der Waals surface area contributed by atoms with Gasteiger partial charge in [-0.05, 0) is 42.9 Å². The van der Waals surface area contributed by atoms with Gasteiger partial charge in [-0.1, -0.05) is 6.07 Å². The fourth-order valence-electron chi connectivity index (χ4n) is 4.62. The highest BCUT2D eigenvalue weighted by Gasteiger charge is 2.16. The summed E-state index contributed by atoms with van der Waals surface area (Å²) in [7, 11) is 3.71. The number of hydrogen-bond acceptors (Lipinski definition) is 8. The molecule has 6 rings (SSSR count). The van der Waals surface area contributed by atoms with Gasteiger partial charge in [-0.2, -0.15) is 0 Å². The second kappa shape index (κ2) is 9.47. The maximum absolute atomic E-state index is 13.1. The number of pyridine rings is 2. The molecule has 0 unspecified atom stereocenters. The minimum atomic E-state index is -0.246. The molecule has 37 heavy (non-hydrogen) atoms. The van der Waals surface area contributed by atoms with E-state index in [2.05, 4.69) is 47.1 Å². The second-order valence-electron chi connectivity index (χ2n) is 9.09. The van der Waals surface area contributed by atoms with Crippen molar-refractivity contribution < 1.29 is 9.53 Å². The summed E-state index contributed by atoms with van der Waals surface area (Å²) in [5, 5.41) is 4.59. The number of H-pyrrole nitrogens is 1. The number of rotatable bonds is 5. The highest BCUT2D eigenvalue weighted by Crippen LogP contribution is 2.32. The van der Waals surface area contributed by atoms with Crippen molar-refractivity contribution in [1.82, 2.24) is 29.8 Å². The number of nitrogens with one attached hydrogen (secondary N) is 2. The summed E-state index contributed by atoms with van der Waals surface area (Å²) in [5.74, 6) is 1.19. The fraction of sp³-hybridized carbons (Fsp3) is 0.222. The number of benzene rings is 1. The number of amides is 1. The van der Waals surface area contributed by atoms with E-state index in [1.54, 1.807) is 19.5 Å². The number of aromatic nitrogens is 5. The molecule has 0 bridgehead atoms. The molecule has 1 saturated heterocycles. The van der Waals surface area contributed by atoms with E-state index in [9.17, 15) is 4.79 Å². The maximum Gasteiger partial charge on any atom is 0.257 e. The first-order chi connectivity index (χ1) is 18.1. The summed E-state index contributed by atoms with van der Waals surface area (Å²) < 4.78 is 5.41. The average molecular weight is 495 g/mol. The van der Waals surface area contributed by atoms with Crippen LogP contribution in [0.5, 0.6) is 5.88 Å². The molecule has 5 aromatic rings. The first-order valence-corrected chi connectivity index (χ1v) is 12.1. The number of hydrogen-bond donors (Lipinski definition) is 2. The predicted octanol–water partition coefficient (Wildman–Crippen LogP) is 3.58. The third-order valence-electron chi connectivity index (χ3n) is 6.73. The van der Waals surface area contributed by atoms with Crippen LogP contribution >= 0.6 is 0 Å². The Morgan fingerprint density at radius 1 is 0.973 bits per heavy atom. The van der Waals surface area contributed by atoms with Crippen LogP contribution in [-0.2, 0) is 0 Å². The maximum atomic E-state index is 13.1. The summed E-state index contributed by atoms with van der Waals surface area (Å²) in [4.78, 5) is 38.4. The van der Waals surface area contributed by atoms with Crippen LogP contribution in [0.1, 0.15) is 10.4 Å². The lowest BCUT2D eigenvalue weighted by atomic mass is 10.0. The van der Waals surface area contributed by atoms with Crippen molar-refractivity contribution in [3.8, 4) is 17.0 Å². The predicted molar refractivity (Wildman–Crippen MR) is 143 cm³/mol. The van der Waals surface area contributed by atoms with Crippen molar-refractivity contribution in [2.75, 3.05) is 50.6 Å². The van der Waals surface area contributed by atoms with Crippen LogP contribution in [0.4, 0.5) is 11.5 Å². The Hall–Kier alpha value is -4.57. The average Bonchev–Trinajstić information content (AvgIpc) is 3.36. The van der Waals surface area contributed by atoms with Crippen molar-refractivity contribution in [3.05, 3.63) is 66.9 Å². The Morgan fingerprint density at radius 3 is 2.62 bits per heavy atom. The van der Waals surface area contributed by atoms with Gasteiger partial charge in [0.15, 0.2) is 0 Å². The van der Waals surface area contributed by atoms with Crippen LogP contribution in [0.3, 0.4) is 0 Å². The van der Waals surface area contributed by atoms with E-state index < -0.39 is 0 Å². The molecule has 2 N–H and O–H groups in total. The first kappa shape index (κ1) is 22.9. The van der Waals surface area contributed by atoms with Gasteiger partial charge in [0.2, 0.25) is 5.88 Å². The van der Waals surface area contributed by atoms with Gasteiger partial charge in [-0.15, -0.1) is 0 Å². The van der Waals surface area contributed by atoms with Gasteiger partial charge in [-0.3, -0.25) is 4.79 Å². The molecule has 1 aliphatic rings. The summed E-state index contributed by atoms with van der Waals surface area (Å²) >= 11 is 0. The van der Waals surface area contributed by atoms with E-state index in [0.717, 1.165) is 59.4 Å². The van der Waals surface area contributed by atoms with Crippen LogP contribution in [0.2, 0.25) is 0 Å². The molecule has 0 atom stereocenters. The lowest BCUT2D eigenvalue weighted by molar-refractivity contribution is 0.102. The third kappa shape index (κ3) is 4.43. The van der Waals surface area contributed by atoms with Crippen molar-refractivity contribution >= 4 is 39.3 Å². The molecule has 1 amide bonds. The van der Waals surface area contributed by atoms with Gasteiger partial charge >= 0.3 is 0 Å². The first-order valence-electron chi connectivity index (χ1n) is 12.1. The Morgan fingerprint density at radius 2 is 1.84 bits per heavy atom. The number of fused-ring (bicyclic) bond motifs is 2. The van der Waals surface area contributed by atoms with Gasteiger partial charge in [0.25, 0.3) is 5.91 Å². The van der Waals surface area contributed by atoms with E-state index >= 15 is 0 Å². The minimum absolute atomic E-state index is 0.246. The van der Waals surface area contributed by atoms with Gasteiger partial charge in [-0.25, -0.2) is 19.9 Å². The molecular formula is C27H26N8O2. The van der Waals surface area contributed by atoms with Crippen molar-refractivity contribution in [3.63, 3.8) is 0 Å². The number of methoxy groups -OCH3 is 1. The number of carbonyl (C=O) groups is 1. The largest absolute Gasteiger partial charge is 0.480 e. The molecule has 1 fully saturated rings. The molecule has 0 radical (unpaired) electrons. The van der Waals surface area contributed by atoms with Gasteiger partial charge in [0.05, 0.1) is 35.5 Å². The Balaban J connectivity index is 1.25. The molecule has 10 nitrogen and oxygen atoms in total. The zero-order chi connectivity index (χ0) is 25.4. The molecule has 1 aliphatic heterocycles. The monoisotopic (exact) mass is 494 g/mol. The van der Waals surface area contributed by atoms with Gasteiger partial charge in [0.1, 0.15) is 17.8 Å². The summed E-state index contributed by atoms with van der Waals surface area (Å²) in [6, 6.07) is 11.6. The van der Waals surface area contributed by atoms with Crippen molar-refractivity contribution in [2.45, 2.75) is 0 Å². The smallest absolute Gasteiger partial charge is 0.257 e. The number of aromatic amines is 1. The second-order valence-corrected chi connectivity index (χ2v) is 9.09. The Kier molecular flexibility index (Phi) is 5.85. The third-order valence-corrected chi connectivity index (χ3v) is 6.73. The van der Waals surface area contributed by atoms with Gasteiger partial charge < -0.3 is 24.8 Å². The topological polar surface area (TPSA) is 112 Å². The quantitative estimate of drug-likeness (QED) is 0.381. The lowest BCUT2D eigenvalue weighted by Crippen LogP contribution is -2.44. The Bertz CT molecular complexity index is 1590. The van der Waals surface area contributed by atoms with E-state index in [4.69, 9.17) is 4.74 Å². The number of carbonyl (C=O) groups excluding carboxylic acids is 1. The molecule has 0 spiro atoms. The van der Waals surface area contributed by atoms with Crippen molar-refractivity contribution in [1.29, 1.82) is 0 Å². The van der Waals surface area contributed by atoms with Crippen LogP contribution in [0, 0.1) is 0 Å². The fourth-order valence-corrected chi connectivity index (χ4v) is 4.62. The van der Waals surface area contributed by atoms with Crippen molar-refractivity contribution in [2.24, 2.45) is 0 Å². The highest BCUT2D eigenvalue weighted by molar-refractivity contribution is 6.07. The molecule has 0 aliphatic carbocycles. The van der Waals surface area contributed by atoms with Crippen LogP contribution < -0.4 is 15.0 Å². The van der Waals surface area contributed by atoms with E-state index in [0.29, 0.717) is 22.8 Å². The summed E-state index contributed by atoms with van der Waals surface area (Å²) in [5.41, 5.74) is 4.44. The normalized spacial score (nSPS) is 14.3. The minimum Gasteiger partial charge on any atom is -0.480 e. The summed E-state index contributed by atoms with van der Waals surface area (Å²) in [6.07, 6.45) is 6.64.